The third kappa shape index (κ3) is 4.05. The van der Waals surface area contributed by atoms with Crippen molar-refractivity contribution in [3.05, 3.63) is 75.8 Å². The largest absolute Gasteiger partial charge is 0.276 e. The van der Waals surface area contributed by atoms with Crippen molar-refractivity contribution in [2.24, 2.45) is 0 Å². The lowest BCUT2D eigenvalue weighted by atomic mass is 10.2. The van der Waals surface area contributed by atoms with Crippen LogP contribution in [0.15, 0.2) is 47.4 Å². The summed E-state index contributed by atoms with van der Waals surface area (Å²) in [4.78, 5) is 0.174. The van der Waals surface area contributed by atoms with Crippen molar-refractivity contribution in [3.63, 3.8) is 0 Å². The zero-order valence-electron chi connectivity index (χ0n) is 15.8. The molecule has 5 nitrogen and oxygen atoms in total. The summed E-state index contributed by atoms with van der Waals surface area (Å²) in [6.07, 6.45) is 0.831. The van der Waals surface area contributed by atoms with Gasteiger partial charge in [-0.1, -0.05) is 36.7 Å². The summed E-state index contributed by atoms with van der Waals surface area (Å²) in [5, 5.41) is 4.65. The van der Waals surface area contributed by atoms with E-state index in [2.05, 4.69) is 9.82 Å². The lowest BCUT2D eigenvalue weighted by Crippen LogP contribution is -2.14. The highest BCUT2D eigenvalue weighted by atomic mass is 35.5. The molecule has 0 saturated heterocycles. The summed E-state index contributed by atoms with van der Waals surface area (Å²) in [7, 11) is -3.76. The minimum absolute atomic E-state index is 0.102. The lowest BCUT2D eigenvalue weighted by molar-refractivity contribution is 0.579. The quantitative estimate of drug-likeness (QED) is 0.627. The van der Waals surface area contributed by atoms with E-state index in [1.165, 1.54) is 16.8 Å². The minimum Gasteiger partial charge on any atom is -0.276 e. The Morgan fingerprint density at radius 1 is 1.14 bits per heavy atom. The zero-order chi connectivity index (χ0) is 20.5. The topological polar surface area (TPSA) is 64.0 Å². The second kappa shape index (κ2) is 7.93. The molecule has 28 heavy (non-hydrogen) atoms. The van der Waals surface area contributed by atoms with Crippen molar-refractivity contribution in [2.75, 3.05) is 4.72 Å². The monoisotopic (exact) mass is 421 g/mol. The fourth-order valence-electron chi connectivity index (χ4n) is 2.93. The number of nitrogens with zero attached hydrogens (tertiary/aromatic N) is 2. The second-order valence-electron chi connectivity index (χ2n) is 6.51. The Bertz CT molecular complexity index is 1090. The van der Waals surface area contributed by atoms with Crippen LogP contribution in [0.1, 0.15) is 29.4 Å². The molecule has 0 atom stereocenters. The van der Waals surface area contributed by atoms with Gasteiger partial charge in [0, 0.05) is 10.6 Å². The highest BCUT2D eigenvalue weighted by Gasteiger charge is 2.21. The number of hydrogen-bond donors (Lipinski definition) is 1. The number of aromatic nitrogens is 2. The SMILES string of the molecule is CCc1ccc(S(=O)(=O)Nc2c(C)nn(Cc3c(F)cccc3Cl)c2C)cc1. The van der Waals surface area contributed by atoms with Gasteiger partial charge in [-0.3, -0.25) is 9.40 Å². The van der Waals surface area contributed by atoms with Gasteiger partial charge in [0.25, 0.3) is 10.0 Å². The van der Waals surface area contributed by atoms with Crippen molar-refractivity contribution >= 4 is 27.3 Å². The van der Waals surface area contributed by atoms with Gasteiger partial charge in [-0.2, -0.15) is 5.10 Å². The molecule has 1 aromatic heterocycles. The molecule has 1 N–H and O–H groups in total. The van der Waals surface area contributed by atoms with Crippen LogP contribution in [0.5, 0.6) is 0 Å². The van der Waals surface area contributed by atoms with Crippen molar-refractivity contribution in [3.8, 4) is 0 Å². The van der Waals surface area contributed by atoms with E-state index in [9.17, 15) is 12.8 Å². The van der Waals surface area contributed by atoms with Gasteiger partial charge in [0.2, 0.25) is 0 Å². The highest BCUT2D eigenvalue weighted by molar-refractivity contribution is 7.92. The molecule has 0 fully saturated rings. The van der Waals surface area contributed by atoms with Crippen LogP contribution < -0.4 is 4.72 Å². The Hall–Kier alpha value is -2.38. The number of benzene rings is 2. The maximum Gasteiger partial charge on any atom is 0.262 e. The Kier molecular flexibility index (Phi) is 5.76. The van der Waals surface area contributed by atoms with E-state index in [0.717, 1.165) is 12.0 Å². The van der Waals surface area contributed by atoms with Gasteiger partial charge in [-0.15, -0.1) is 0 Å². The number of hydrogen-bond acceptors (Lipinski definition) is 3. The van der Waals surface area contributed by atoms with Crippen LogP contribution in [0.2, 0.25) is 5.02 Å². The van der Waals surface area contributed by atoms with Gasteiger partial charge in [0.05, 0.1) is 28.5 Å². The molecule has 0 aliphatic heterocycles. The number of nitrogens with one attached hydrogen (secondary N) is 1. The summed E-state index contributed by atoms with van der Waals surface area (Å²) in [5.41, 5.74) is 2.82. The predicted molar refractivity (Wildman–Crippen MR) is 109 cm³/mol. The van der Waals surface area contributed by atoms with E-state index in [1.807, 2.05) is 6.92 Å². The Balaban J connectivity index is 1.91. The minimum atomic E-state index is -3.76. The number of aryl methyl sites for hydroxylation is 2. The normalized spacial score (nSPS) is 11.6. The number of rotatable bonds is 6. The fourth-order valence-corrected chi connectivity index (χ4v) is 4.33. The van der Waals surface area contributed by atoms with E-state index in [4.69, 9.17) is 11.6 Å². The molecule has 0 bridgehead atoms. The van der Waals surface area contributed by atoms with E-state index in [1.54, 1.807) is 44.2 Å². The van der Waals surface area contributed by atoms with Gasteiger partial charge >= 0.3 is 0 Å². The van der Waals surface area contributed by atoms with Gasteiger partial charge in [0.1, 0.15) is 5.82 Å². The summed E-state index contributed by atoms with van der Waals surface area (Å²) < 4.78 is 43.7. The molecule has 0 saturated carbocycles. The molecule has 0 spiro atoms. The van der Waals surface area contributed by atoms with Gasteiger partial charge in [-0.25, -0.2) is 12.8 Å². The van der Waals surface area contributed by atoms with Gasteiger partial charge in [0.15, 0.2) is 0 Å². The summed E-state index contributed by atoms with van der Waals surface area (Å²) in [6.45, 7) is 5.53. The molecule has 0 aliphatic rings. The highest BCUT2D eigenvalue weighted by Crippen LogP contribution is 2.26. The van der Waals surface area contributed by atoms with E-state index < -0.39 is 15.8 Å². The average Bonchev–Trinajstić information content (AvgIpc) is 2.92. The smallest absolute Gasteiger partial charge is 0.262 e. The number of anilines is 1. The summed E-state index contributed by atoms with van der Waals surface area (Å²) >= 11 is 6.10. The first-order valence-electron chi connectivity index (χ1n) is 8.81. The molecule has 8 heteroatoms. The fraction of sp³-hybridized carbons (Fsp3) is 0.250. The number of sulfonamides is 1. The van der Waals surface area contributed by atoms with Gasteiger partial charge < -0.3 is 0 Å². The summed E-state index contributed by atoms with van der Waals surface area (Å²) in [6, 6.07) is 11.2. The second-order valence-corrected chi connectivity index (χ2v) is 8.60. The first kappa shape index (κ1) is 20.4. The molecule has 2 aromatic carbocycles. The Morgan fingerprint density at radius 2 is 1.82 bits per heavy atom. The Morgan fingerprint density at radius 3 is 2.43 bits per heavy atom. The maximum atomic E-state index is 14.1. The van der Waals surface area contributed by atoms with Crippen molar-refractivity contribution in [2.45, 2.75) is 38.6 Å². The molecule has 1 heterocycles. The molecular formula is C20H21ClFN3O2S. The first-order valence-corrected chi connectivity index (χ1v) is 10.7. The average molecular weight is 422 g/mol. The molecular weight excluding hydrogens is 401 g/mol. The lowest BCUT2D eigenvalue weighted by Gasteiger charge is -2.10. The molecule has 0 unspecified atom stereocenters. The molecule has 148 valence electrons. The predicted octanol–water partition coefficient (Wildman–Crippen LogP) is 4.70. The summed E-state index contributed by atoms with van der Waals surface area (Å²) in [5.74, 6) is -0.432. The third-order valence-electron chi connectivity index (χ3n) is 4.63. The van der Waals surface area contributed by atoms with Crippen LogP contribution in [0, 0.1) is 19.7 Å². The molecule has 0 amide bonds. The van der Waals surface area contributed by atoms with E-state index >= 15 is 0 Å². The van der Waals surface area contributed by atoms with Crippen molar-refractivity contribution in [1.29, 1.82) is 0 Å². The van der Waals surface area contributed by atoms with Crippen molar-refractivity contribution < 1.29 is 12.8 Å². The van der Waals surface area contributed by atoms with Crippen molar-refractivity contribution in [1.82, 2.24) is 9.78 Å². The van der Waals surface area contributed by atoms with Crippen LogP contribution in [0.3, 0.4) is 0 Å². The molecule has 0 aliphatic carbocycles. The first-order chi connectivity index (χ1) is 13.2. The van der Waals surface area contributed by atoms with Crippen LogP contribution in [0.25, 0.3) is 0 Å². The van der Waals surface area contributed by atoms with E-state index in [-0.39, 0.29) is 11.4 Å². The molecule has 0 radical (unpaired) electrons. The van der Waals surface area contributed by atoms with E-state index in [0.29, 0.717) is 27.7 Å². The van der Waals surface area contributed by atoms with Crippen LogP contribution >= 0.6 is 11.6 Å². The van der Waals surface area contributed by atoms with Crippen LogP contribution in [0.4, 0.5) is 10.1 Å². The maximum absolute atomic E-state index is 14.1. The third-order valence-corrected chi connectivity index (χ3v) is 6.35. The zero-order valence-corrected chi connectivity index (χ0v) is 17.4. The van der Waals surface area contributed by atoms with Gasteiger partial charge in [-0.05, 0) is 50.1 Å². The Labute approximate surface area is 169 Å². The molecule has 3 rings (SSSR count). The molecule has 3 aromatic rings. The standard InChI is InChI=1S/C20H21ClFN3O2S/c1-4-15-8-10-16(11-9-15)28(26,27)24-20-13(2)23-25(14(20)3)12-17-18(21)6-5-7-19(17)22/h5-11,24H,4,12H2,1-3H3. The number of halogens is 2. The van der Waals surface area contributed by atoms with Crippen LogP contribution in [-0.2, 0) is 23.0 Å². The van der Waals surface area contributed by atoms with Crippen LogP contribution in [-0.4, -0.2) is 18.2 Å².